The lowest BCUT2D eigenvalue weighted by molar-refractivity contribution is 0.00578. The fraction of sp³-hybridized carbons (Fsp3) is 0.588. The molecule has 1 aliphatic rings. The highest BCUT2D eigenvalue weighted by molar-refractivity contribution is 7.85. The highest BCUT2D eigenvalue weighted by atomic mass is 32.2. The third-order valence-corrected chi connectivity index (χ3v) is 5.63. The molecule has 1 aromatic carbocycles. The Labute approximate surface area is 142 Å². The van der Waals surface area contributed by atoms with Gasteiger partial charge in [-0.3, -0.25) is 0 Å². The molecule has 1 aromatic rings. The number of hydrogen-bond acceptors (Lipinski definition) is 3. The van der Waals surface area contributed by atoms with E-state index in [2.05, 4.69) is 4.40 Å². The van der Waals surface area contributed by atoms with Crippen LogP contribution >= 0.6 is 0 Å². The molecular formula is C17H26BNO3S. The van der Waals surface area contributed by atoms with Crippen molar-refractivity contribution >= 4 is 29.8 Å². The van der Waals surface area contributed by atoms with Gasteiger partial charge in [-0.05, 0) is 59.5 Å². The summed E-state index contributed by atoms with van der Waals surface area (Å²) in [6, 6.07) is 7.79. The Balaban J connectivity index is 2.10. The molecule has 0 N–H and O–H groups in total. The normalized spacial score (nSPS) is 21.8. The Bertz CT molecular complexity index is 602. The minimum absolute atomic E-state index is 0.346. The average Bonchev–Trinajstić information content (AvgIpc) is 2.64. The van der Waals surface area contributed by atoms with Gasteiger partial charge < -0.3 is 9.31 Å². The Morgan fingerprint density at radius 3 is 1.96 bits per heavy atom. The minimum atomic E-state index is -1.25. The number of rotatable bonds is 3. The molecule has 1 fully saturated rings. The molecule has 0 aromatic heterocycles. The summed E-state index contributed by atoms with van der Waals surface area (Å²) in [6.45, 7) is 13.9. The fourth-order valence-corrected chi connectivity index (χ4v) is 2.52. The van der Waals surface area contributed by atoms with Crippen molar-refractivity contribution in [1.82, 2.24) is 0 Å². The lowest BCUT2D eigenvalue weighted by Gasteiger charge is -2.32. The minimum Gasteiger partial charge on any atom is -0.399 e. The summed E-state index contributed by atoms with van der Waals surface area (Å²) < 4.78 is 27.8. The van der Waals surface area contributed by atoms with Gasteiger partial charge in [0.1, 0.15) is 11.0 Å². The van der Waals surface area contributed by atoms with Crippen molar-refractivity contribution in [3.63, 3.8) is 0 Å². The predicted octanol–water partition coefficient (Wildman–Crippen LogP) is 2.87. The molecule has 0 amide bonds. The van der Waals surface area contributed by atoms with Crippen LogP contribution in [0.5, 0.6) is 0 Å². The maximum Gasteiger partial charge on any atom is 0.494 e. The van der Waals surface area contributed by atoms with Crippen LogP contribution in [0.25, 0.3) is 0 Å². The topological polar surface area (TPSA) is 47.9 Å². The van der Waals surface area contributed by atoms with Gasteiger partial charge in [0.05, 0.1) is 15.9 Å². The summed E-state index contributed by atoms with van der Waals surface area (Å²) in [5.41, 5.74) is 1.18. The van der Waals surface area contributed by atoms with Crippen LogP contribution in [-0.4, -0.2) is 33.5 Å². The molecule has 0 unspecified atom stereocenters. The summed E-state index contributed by atoms with van der Waals surface area (Å²) >= 11 is 0. The molecule has 1 atom stereocenters. The van der Waals surface area contributed by atoms with E-state index in [4.69, 9.17) is 9.31 Å². The maximum atomic E-state index is 11.9. The summed E-state index contributed by atoms with van der Waals surface area (Å²) in [4.78, 5) is 0. The summed E-state index contributed by atoms with van der Waals surface area (Å²) in [5.74, 6) is 0. The lowest BCUT2D eigenvalue weighted by Crippen LogP contribution is -2.41. The van der Waals surface area contributed by atoms with Crippen LogP contribution in [0.4, 0.5) is 0 Å². The molecule has 0 bridgehead atoms. The Kier molecular flexibility index (Phi) is 4.91. The molecule has 4 nitrogen and oxygen atoms in total. The highest BCUT2D eigenvalue weighted by Gasteiger charge is 2.51. The lowest BCUT2D eigenvalue weighted by atomic mass is 9.79. The van der Waals surface area contributed by atoms with Gasteiger partial charge in [-0.15, -0.1) is 0 Å². The van der Waals surface area contributed by atoms with Crippen molar-refractivity contribution in [2.45, 2.75) is 64.4 Å². The van der Waals surface area contributed by atoms with Gasteiger partial charge in [-0.2, -0.15) is 4.40 Å². The summed E-state index contributed by atoms with van der Waals surface area (Å²) in [7, 11) is -1.61. The number of nitrogens with zero attached hydrogens (tertiary/aromatic N) is 1. The van der Waals surface area contributed by atoms with Crippen LogP contribution < -0.4 is 5.46 Å². The fourth-order valence-electron chi connectivity index (χ4n) is 1.99. The largest absolute Gasteiger partial charge is 0.494 e. The monoisotopic (exact) mass is 335 g/mol. The first-order valence-corrected chi connectivity index (χ1v) is 8.95. The van der Waals surface area contributed by atoms with Gasteiger partial charge in [0.15, 0.2) is 0 Å². The first-order chi connectivity index (χ1) is 10.4. The van der Waals surface area contributed by atoms with Crippen LogP contribution in [0.3, 0.4) is 0 Å². The zero-order valence-electron chi connectivity index (χ0n) is 15.0. The van der Waals surface area contributed by atoms with E-state index in [1.807, 2.05) is 72.7 Å². The van der Waals surface area contributed by atoms with Gasteiger partial charge in [0.25, 0.3) is 0 Å². The second-order valence-corrected chi connectivity index (χ2v) is 9.78. The van der Waals surface area contributed by atoms with Crippen molar-refractivity contribution in [2.24, 2.45) is 4.40 Å². The quantitative estimate of drug-likeness (QED) is 0.630. The molecule has 23 heavy (non-hydrogen) atoms. The summed E-state index contributed by atoms with van der Waals surface area (Å²) in [5, 5.41) is 0. The van der Waals surface area contributed by atoms with E-state index in [0.717, 1.165) is 11.0 Å². The maximum absolute atomic E-state index is 11.9. The van der Waals surface area contributed by atoms with Gasteiger partial charge in [-0.1, -0.05) is 24.3 Å². The van der Waals surface area contributed by atoms with Crippen molar-refractivity contribution < 1.29 is 13.5 Å². The van der Waals surface area contributed by atoms with E-state index in [0.29, 0.717) is 0 Å². The average molecular weight is 335 g/mol. The van der Waals surface area contributed by atoms with Gasteiger partial charge in [0.2, 0.25) is 0 Å². The van der Waals surface area contributed by atoms with E-state index in [9.17, 15) is 4.21 Å². The Morgan fingerprint density at radius 2 is 1.52 bits per heavy atom. The molecule has 0 aliphatic carbocycles. The smallest absolute Gasteiger partial charge is 0.399 e. The van der Waals surface area contributed by atoms with Gasteiger partial charge in [0, 0.05) is 6.21 Å². The standard InChI is InChI=1S/C17H26BNO3S/c1-15(2,3)23(20)19-12-13-8-10-14(11-9-13)18-21-16(4,5)17(6,7)22-18/h8-12H,1-7H3/b19-12+/t23-/m1/s1. The number of benzene rings is 1. The van der Waals surface area contributed by atoms with Crippen molar-refractivity contribution in [3.8, 4) is 0 Å². The first kappa shape index (κ1) is 18.4. The third kappa shape index (κ3) is 4.11. The third-order valence-electron chi connectivity index (χ3n) is 4.28. The molecule has 6 heteroatoms. The van der Waals surface area contributed by atoms with Crippen LogP contribution in [0.15, 0.2) is 28.7 Å². The zero-order valence-corrected chi connectivity index (χ0v) is 15.9. The second kappa shape index (κ2) is 6.15. The van der Waals surface area contributed by atoms with Crippen LogP contribution in [-0.2, 0) is 20.3 Å². The Hall–Kier alpha value is -0.975. The van der Waals surface area contributed by atoms with Crippen LogP contribution in [0, 0.1) is 0 Å². The SMILES string of the molecule is CC(C)(C)[S@@](=O)/N=C/c1ccc(B2OC(C)(C)C(C)(C)O2)cc1. The van der Waals surface area contributed by atoms with Crippen molar-refractivity contribution in [3.05, 3.63) is 29.8 Å². The van der Waals surface area contributed by atoms with Crippen LogP contribution in [0.1, 0.15) is 54.0 Å². The van der Waals surface area contributed by atoms with E-state index in [1.54, 1.807) is 6.21 Å². The molecule has 0 spiro atoms. The molecule has 0 saturated carbocycles. The number of hydrogen-bond donors (Lipinski definition) is 0. The predicted molar refractivity (Wildman–Crippen MR) is 97.6 cm³/mol. The van der Waals surface area contributed by atoms with Crippen molar-refractivity contribution in [2.75, 3.05) is 0 Å². The zero-order chi connectivity index (χ0) is 17.5. The molecular weight excluding hydrogens is 309 g/mol. The molecule has 1 aliphatic heterocycles. The van der Waals surface area contributed by atoms with E-state index < -0.39 is 11.0 Å². The molecule has 0 radical (unpaired) electrons. The first-order valence-electron chi connectivity index (χ1n) is 7.84. The molecule has 126 valence electrons. The van der Waals surface area contributed by atoms with Crippen LogP contribution in [0.2, 0.25) is 0 Å². The highest BCUT2D eigenvalue weighted by Crippen LogP contribution is 2.36. The molecule has 2 rings (SSSR count). The van der Waals surface area contributed by atoms with E-state index >= 15 is 0 Å². The van der Waals surface area contributed by atoms with Crippen molar-refractivity contribution in [1.29, 1.82) is 0 Å². The second-order valence-electron chi connectivity index (χ2n) is 7.85. The molecule has 1 heterocycles. The van der Waals surface area contributed by atoms with Gasteiger partial charge in [-0.25, -0.2) is 4.21 Å². The van der Waals surface area contributed by atoms with E-state index in [1.165, 1.54) is 0 Å². The molecule has 1 saturated heterocycles. The van der Waals surface area contributed by atoms with E-state index in [-0.39, 0.29) is 23.1 Å². The summed E-state index contributed by atoms with van der Waals surface area (Å²) in [6.07, 6.45) is 1.65. The Morgan fingerprint density at radius 1 is 1.04 bits per heavy atom. The van der Waals surface area contributed by atoms with Gasteiger partial charge >= 0.3 is 7.12 Å².